The molecule has 1 fully saturated rings. The molecule has 12 nitrogen and oxygen atoms in total. The third kappa shape index (κ3) is 8.23. The number of rotatable bonds is 8. The monoisotopic (exact) mass is 484 g/mol. The van der Waals surface area contributed by atoms with E-state index in [0.29, 0.717) is 12.8 Å². The zero-order valence-corrected chi connectivity index (χ0v) is 17.3. The summed E-state index contributed by atoms with van der Waals surface area (Å²) < 4.78 is 62.9. The molecule has 1 aromatic rings. The first kappa shape index (κ1) is 25.8. The van der Waals surface area contributed by atoms with Crippen molar-refractivity contribution in [1.29, 1.82) is 0 Å². The Morgan fingerprint density at radius 2 is 2.16 bits per heavy atom. The van der Waals surface area contributed by atoms with Gasteiger partial charge in [-0.2, -0.15) is 18.2 Å². The number of carbonyl (C=O) groups excluding carboxylic acids is 1. The van der Waals surface area contributed by atoms with Crippen LogP contribution in [0.1, 0.15) is 24.6 Å². The van der Waals surface area contributed by atoms with E-state index < -0.39 is 37.9 Å². The van der Waals surface area contributed by atoms with Gasteiger partial charge in [0.05, 0.1) is 24.9 Å². The lowest BCUT2D eigenvalue weighted by Gasteiger charge is -2.16. The quantitative estimate of drug-likeness (QED) is 0.217. The molecule has 178 valence electrons. The number of anilines is 1. The molecule has 0 spiro atoms. The molecule has 0 aromatic carbocycles. The maximum Gasteiger partial charge on any atom is 0.471 e. The number of hydrogen-bond donors (Lipinski definition) is 4. The highest BCUT2D eigenvalue weighted by atomic mass is 31.2. The Bertz CT molecular complexity index is 984. The summed E-state index contributed by atoms with van der Waals surface area (Å²) in [7, 11) is -4.65. The van der Waals surface area contributed by atoms with E-state index in [9.17, 15) is 27.3 Å². The van der Waals surface area contributed by atoms with Gasteiger partial charge >= 0.3 is 25.6 Å². The summed E-state index contributed by atoms with van der Waals surface area (Å²) >= 11 is 0. The molecule has 0 saturated carbocycles. The highest BCUT2D eigenvalue weighted by molar-refractivity contribution is 7.46. The number of amides is 1. The Morgan fingerprint density at radius 3 is 2.81 bits per heavy atom. The number of nitrogens with zero attached hydrogens (tertiary/aromatic N) is 2. The van der Waals surface area contributed by atoms with Crippen molar-refractivity contribution < 1.29 is 46.3 Å². The molecule has 0 bridgehead atoms. The summed E-state index contributed by atoms with van der Waals surface area (Å²) in [5.41, 5.74) is 5.13. The normalized spacial score (nSPS) is 18.8. The van der Waals surface area contributed by atoms with Gasteiger partial charge in [0.1, 0.15) is 18.7 Å². The van der Waals surface area contributed by atoms with Crippen LogP contribution >= 0.6 is 7.82 Å². The molecule has 2 heterocycles. The third-order valence-electron chi connectivity index (χ3n) is 3.99. The zero-order valence-electron chi connectivity index (χ0n) is 16.4. The van der Waals surface area contributed by atoms with E-state index >= 15 is 0 Å². The molecular formula is C16H20F3N4O8P. The Hall–Kier alpha value is -2.47. The molecule has 2 unspecified atom stereocenters. The van der Waals surface area contributed by atoms with Gasteiger partial charge in [-0.3, -0.25) is 13.9 Å². The van der Waals surface area contributed by atoms with Crippen molar-refractivity contribution >= 4 is 19.5 Å². The van der Waals surface area contributed by atoms with Crippen LogP contribution in [0.3, 0.4) is 0 Å². The molecule has 16 heteroatoms. The lowest BCUT2D eigenvalue weighted by Crippen LogP contribution is -2.38. The molecule has 0 aliphatic carbocycles. The minimum absolute atomic E-state index is 0.157. The molecular weight excluding hydrogens is 464 g/mol. The van der Waals surface area contributed by atoms with Crippen LogP contribution in [0, 0.1) is 11.8 Å². The second-order valence-corrected chi connectivity index (χ2v) is 7.65. The van der Waals surface area contributed by atoms with Gasteiger partial charge in [-0.1, -0.05) is 11.8 Å². The number of alkyl halides is 3. The molecule has 0 radical (unpaired) electrons. The number of nitrogens with one attached hydrogen (secondary N) is 1. The number of ether oxygens (including phenoxy) is 2. The fraction of sp³-hybridized carbons (Fsp3) is 0.562. The van der Waals surface area contributed by atoms with Gasteiger partial charge in [-0.05, 0) is 12.8 Å². The first-order valence-electron chi connectivity index (χ1n) is 9.02. The second-order valence-electron chi connectivity index (χ2n) is 6.41. The van der Waals surface area contributed by atoms with Gasteiger partial charge in [0.2, 0.25) is 0 Å². The summed E-state index contributed by atoms with van der Waals surface area (Å²) in [6, 6.07) is 0. The Balaban J connectivity index is 1.90. The SMILES string of the molecule is Nc1nc(=O)n(C2CCC(COP(=O)(O)O)O2)cc1C#CCOCCNC(=O)C(F)(F)F. The first-order valence-corrected chi connectivity index (χ1v) is 10.6. The summed E-state index contributed by atoms with van der Waals surface area (Å²) in [6.45, 7) is -1.12. The van der Waals surface area contributed by atoms with Crippen LogP contribution in [-0.4, -0.2) is 63.9 Å². The van der Waals surface area contributed by atoms with E-state index in [0.717, 1.165) is 4.57 Å². The molecule has 1 amide bonds. The van der Waals surface area contributed by atoms with Crippen molar-refractivity contribution in [2.24, 2.45) is 0 Å². The van der Waals surface area contributed by atoms with Gasteiger partial charge in [-0.25, -0.2) is 9.36 Å². The Kier molecular flexibility index (Phi) is 8.79. The van der Waals surface area contributed by atoms with E-state index in [-0.39, 0.29) is 37.7 Å². The van der Waals surface area contributed by atoms with Crippen molar-refractivity contribution in [3.8, 4) is 11.8 Å². The van der Waals surface area contributed by atoms with Crippen molar-refractivity contribution in [2.75, 3.05) is 32.1 Å². The number of nitrogens with two attached hydrogens (primary N) is 1. The average molecular weight is 484 g/mol. The molecule has 5 N–H and O–H groups in total. The van der Waals surface area contributed by atoms with Gasteiger partial charge in [0.15, 0.2) is 0 Å². The lowest BCUT2D eigenvalue weighted by molar-refractivity contribution is -0.173. The van der Waals surface area contributed by atoms with Gasteiger partial charge in [-0.15, -0.1) is 0 Å². The van der Waals surface area contributed by atoms with Crippen molar-refractivity contribution in [3.05, 3.63) is 22.2 Å². The van der Waals surface area contributed by atoms with Crippen molar-refractivity contribution in [3.63, 3.8) is 0 Å². The van der Waals surface area contributed by atoms with Gasteiger partial charge in [0.25, 0.3) is 0 Å². The Morgan fingerprint density at radius 1 is 1.44 bits per heavy atom. The summed E-state index contributed by atoms with van der Waals surface area (Å²) in [4.78, 5) is 43.9. The number of carbonyl (C=O) groups is 1. The molecule has 1 aliphatic heterocycles. The minimum atomic E-state index is -4.97. The maximum absolute atomic E-state index is 12.1. The summed E-state index contributed by atoms with van der Waals surface area (Å²) in [5.74, 6) is 2.94. The van der Waals surface area contributed by atoms with Crippen molar-refractivity contribution in [1.82, 2.24) is 14.9 Å². The van der Waals surface area contributed by atoms with Crippen molar-refractivity contribution in [2.45, 2.75) is 31.3 Å². The summed E-state index contributed by atoms with van der Waals surface area (Å²) in [6.07, 6.45) is -4.35. The number of aromatic nitrogens is 2. The smallest absolute Gasteiger partial charge is 0.382 e. The third-order valence-corrected chi connectivity index (χ3v) is 4.48. The minimum Gasteiger partial charge on any atom is -0.382 e. The lowest BCUT2D eigenvalue weighted by atomic mass is 10.2. The van der Waals surface area contributed by atoms with Crippen LogP contribution in [-0.2, 0) is 23.4 Å². The topological polar surface area (TPSA) is 175 Å². The predicted molar refractivity (Wildman–Crippen MR) is 101 cm³/mol. The predicted octanol–water partition coefficient (Wildman–Crippen LogP) is -0.341. The second kappa shape index (κ2) is 10.9. The van der Waals surface area contributed by atoms with E-state index in [4.69, 9.17) is 25.0 Å². The average Bonchev–Trinajstić information content (AvgIpc) is 3.14. The molecule has 1 saturated heterocycles. The van der Waals surface area contributed by atoms with Crippen LogP contribution in [0.4, 0.5) is 19.0 Å². The molecule has 1 aromatic heterocycles. The van der Waals surface area contributed by atoms with E-state index in [1.165, 1.54) is 6.20 Å². The molecule has 2 rings (SSSR count). The number of phosphoric ester groups is 1. The van der Waals surface area contributed by atoms with Crippen LogP contribution < -0.4 is 16.7 Å². The van der Waals surface area contributed by atoms with Crippen LogP contribution in [0.2, 0.25) is 0 Å². The number of hydrogen-bond acceptors (Lipinski definition) is 8. The fourth-order valence-electron chi connectivity index (χ4n) is 2.57. The number of phosphoric acid groups is 1. The van der Waals surface area contributed by atoms with E-state index in [1.807, 2.05) is 0 Å². The molecule has 1 aliphatic rings. The highest BCUT2D eigenvalue weighted by Gasteiger charge is 2.38. The maximum atomic E-state index is 12.1. The number of halogens is 3. The first-order chi connectivity index (χ1) is 14.9. The highest BCUT2D eigenvalue weighted by Crippen LogP contribution is 2.38. The summed E-state index contributed by atoms with van der Waals surface area (Å²) in [5, 5.41) is 1.63. The van der Waals surface area contributed by atoms with Crippen LogP contribution in [0.15, 0.2) is 11.0 Å². The fourth-order valence-corrected chi connectivity index (χ4v) is 2.93. The van der Waals surface area contributed by atoms with E-state index in [1.54, 1.807) is 5.32 Å². The standard InChI is InChI=1S/C16H20F3N4O8P/c17-16(18,19)14(24)21-5-7-29-6-1-2-10-8-23(15(25)22-13(10)20)12-4-3-11(31-12)9-30-32(26,27)28/h8,11-12H,3-7,9H2,(H,21,24)(H2,20,22,25)(H2,26,27,28). The Labute approximate surface area is 179 Å². The van der Waals surface area contributed by atoms with Gasteiger partial charge in [0, 0.05) is 12.7 Å². The largest absolute Gasteiger partial charge is 0.471 e. The zero-order chi connectivity index (χ0) is 23.9. The molecule has 32 heavy (non-hydrogen) atoms. The van der Waals surface area contributed by atoms with Crippen LogP contribution in [0.5, 0.6) is 0 Å². The van der Waals surface area contributed by atoms with Gasteiger partial charge < -0.3 is 30.3 Å². The number of nitrogen functional groups attached to an aromatic ring is 1. The molecule has 2 atom stereocenters. The van der Waals surface area contributed by atoms with Crippen LogP contribution in [0.25, 0.3) is 0 Å². The van der Waals surface area contributed by atoms with E-state index in [2.05, 4.69) is 21.3 Å².